The van der Waals surface area contributed by atoms with Gasteiger partial charge in [0.1, 0.15) is 5.75 Å². The molecule has 2 rings (SSSR count). The van der Waals surface area contributed by atoms with Gasteiger partial charge >= 0.3 is 0 Å². The van der Waals surface area contributed by atoms with Gasteiger partial charge in [0.15, 0.2) is 6.29 Å². The summed E-state index contributed by atoms with van der Waals surface area (Å²) in [6.45, 7) is 0.941. The first-order valence-electron chi connectivity index (χ1n) is 6.37. The predicted octanol–water partition coefficient (Wildman–Crippen LogP) is 3.12. The maximum absolute atomic E-state index is 11.1. The number of aromatic hydroxyl groups is 1. The molecule has 0 saturated carbocycles. The summed E-state index contributed by atoms with van der Waals surface area (Å²) in [6.07, 6.45) is 7.60. The Bertz CT molecular complexity index is 401. The van der Waals surface area contributed by atoms with Crippen molar-refractivity contribution in [1.82, 2.24) is 0 Å². The number of aldehydes is 1. The zero-order valence-electron chi connectivity index (χ0n) is 10.0. The number of carbonyl (C=O) groups is 1. The van der Waals surface area contributed by atoms with Crippen LogP contribution in [-0.4, -0.2) is 17.9 Å². The predicted molar refractivity (Wildman–Crippen MR) is 68.8 cm³/mol. The highest BCUT2D eigenvalue weighted by atomic mass is 16.3. The van der Waals surface area contributed by atoms with Crippen LogP contribution in [0.5, 0.6) is 5.75 Å². The maximum atomic E-state index is 11.1. The Morgan fingerprint density at radius 3 is 2.71 bits per heavy atom. The van der Waals surface area contributed by atoms with Crippen LogP contribution in [0.3, 0.4) is 0 Å². The van der Waals surface area contributed by atoms with Crippen LogP contribution in [0.4, 0.5) is 5.69 Å². The van der Waals surface area contributed by atoms with E-state index in [9.17, 15) is 9.90 Å². The molecular formula is C14H19NO2. The summed E-state index contributed by atoms with van der Waals surface area (Å²) in [5.74, 6) is 0.0950. The zero-order chi connectivity index (χ0) is 12.1. The summed E-state index contributed by atoms with van der Waals surface area (Å²) in [6, 6.07) is 3.47. The quantitative estimate of drug-likeness (QED) is 0.578. The second-order valence-corrected chi connectivity index (χ2v) is 4.59. The number of benzene rings is 1. The fourth-order valence-corrected chi connectivity index (χ4v) is 2.40. The minimum atomic E-state index is 0.0950. The highest BCUT2D eigenvalue weighted by Crippen LogP contribution is 2.29. The summed E-state index contributed by atoms with van der Waals surface area (Å²) < 4.78 is 0. The van der Waals surface area contributed by atoms with Gasteiger partial charge in [0.2, 0.25) is 0 Å². The summed E-state index contributed by atoms with van der Waals surface area (Å²) in [5.41, 5.74) is 2.43. The molecule has 17 heavy (non-hydrogen) atoms. The van der Waals surface area contributed by atoms with Gasteiger partial charge in [-0.3, -0.25) is 4.79 Å². The van der Waals surface area contributed by atoms with Crippen molar-refractivity contribution in [3.63, 3.8) is 0 Å². The van der Waals surface area contributed by atoms with Crippen molar-refractivity contribution in [2.45, 2.75) is 38.5 Å². The standard InChI is InChI=1S/C14H19NO2/c16-10-12-11-6-4-2-1-3-5-9-15-13(11)7-8-14(12)17/h7-8,10,15,17H,1-6,9H2. The molecule has 92 valence electrons. The second-order valence-electron chi connectivity index (χ2n) is 4.59. The first kappa shape index (κ1) is 12.0. The van der Waals surface area contributed by atoms with Crippen molar-refractivity contribution in [2.75, 3.05) is 11.9 Å². The van der Waals surface area contributed by atoms with E-state index >= 15 is 0 Å². The van der Waals surface area contributed by atoms with E-state index in [4.69, 9.17) is 0 Å². The van der Waals surface area contributed by atoms with Crippen molar-refractivity contribution in [3.05, 3.63) is 23.3 Å². The van der Waals surface area contributed by atoms with E-state index in [1.165, 1.54) is 19.3 Å². The Hall–Kier alpha value is -1.51. The molecule has 0 aromatic heterocycles. The maximum Gasteiger partial charge on any atom is 0.154 e. The fourth-order valence-electron chi connectivity index (χ4n) is 2.40. The smallest absolute Gasteiger partial charge is 0.154 e. The zero-order valence-corrected chi connectivity index (χ0v) is 10.0. The molecule has 2 N–H and O–H groups in total. The Morgan fingerprint density at radius 1 is 1.12 bits per heavy atom. The number of fused-ring (bicyclic) bond motifs is 1. The van der Waals surface area contributed by atoms with Gasteiger partial charge in [-0.05, 0) is 37.0 Å². The molecule has 0 unspecified atom stereocenters. The third kappa shape index (κ3) is 2.78. The van der Waals surface area contributed by atoms with E-state index < -0.39 is 0 Å². The number of phenols is 1. The van der Waals surface area contributed by atoms with Gasteiger partial charge in [-0.15, -0.1) is 0 Å². The van der Waals surface area contributed by atoms with Crippen LogP contribution in [0.25, 0.3) is 0 Å². The highest BCUT2D eigenvalue weighted by molar-refractivity contribution is 5.84. The minimum absolute atomic E-state index is 0.0950. The normalized spacial score (nSPS) is 16.7. The molecule has 0 spiro atoms. The largest absolute Gasteiger partial charge is 0.507 e. The van der Waals surface area contributed by atoms with Gasteiger partial charge in [0.05, 0.1) is 5.56 Å². The lowest BCUT2D eigenvalue weighted by Crippen LogP contribution is -2.08. The molecule has 0 aliphatic carbocycles. The SMILES string of the molecule is O=Cc1c(O)ccc2c1CCCCCCCN2. The number of rotatable bonds is 1. The fraction of sp³-hybridized carbons (Fsp3) is 0.500. The number of carbonyl (C=O) groups excluding carboxylic acids is 1. The number of hydrogen-bond donors (Lipinski definition) is 2. The average molecular weight is 233 g/mol. The lowest BCUT2D eigenvalue weighted by molar-refractivity contribution is 0.112. The van der Waals surface area contributed by atoms with Crippen molar-refractivity contribution in [3.8, 4) is 5.75 Å². The van der Waals surface area contributed by atoms with Crippen LogP contribution < -0.4 is 5.32 Å². The first-order chi connectivity index (χ1) is 8.33. The van der Waals surface area contributed by atoms with Crippen molar-refractivity contribution in [1.29, 1.82) is 0 Å². The molecule has 0 amide bonds. The van der Waals surface area contributed by atoms with Gasteiger partial charge in [-0.2, -0.15) is 0 Å². The molecule has 1 aromatic rings. The molecule has 1 aliphatic heterocycles. The number of hydrogen-bond acceptors (Lipinski definition) is 3. The van der Waals surface area contributed by atoms with Crippen LogP contribution in [0.2, 0.25) is 0 Å². The van der Waals surface area contributed by atoms with E-state index in [0.717, 1.165) is 43.3 Å². The monoisotopic (exact) mass is 233 g/mol. The van der Waals surface area contributed by atoms with Crippen LogP contribution in [0, 0.1) is 0 Å². The summed E-state index contributed by atoms with van der Waals surface area (Å²) in [4.78, 5) is 11.1. The van der Waals surface area contributed by atoms with Gasteiger partial charge in [-0.1, -0.05) is 19.3 Å². The Morgan fingerprint density at radius 2 is 1.88 bits per heavy atom. The van der Waals surface area contributed by atoms with E-state index in [-0.39, 0.29) is 5.75 Å². The lowest BCUT2D eigenvalue weighted by atomic mass is 9.97. The molecule has 1 heterocycles. The van der Waals surface area contributed by atoms with E-state index in [2.05, 4.69) is 5.32 Å². The van der Waals surface area contributed by atoms with Gasteiger partial charge < -0.3 is 10.4 Å². The summed E-state index contributed by atoms with van der Waals surface area (Å²) in [7, 11) is 0. The Kier molecular flexibility index (Phi) is 4.02. The van der Waals surface area contributed by atoms with Crippen LogP contribution in [0.15, 0.2) is 12.1 Å². The molecule has 1 aromatic carbocycles. The van der Waals surface area contributed by atoms with Crippen LogP contribution in [-0.2, 0) is 6.42 Å². The lowest BCUT2D eigenvalue weighted by Gasteiger charge is -2.16. The molecule has 3 nitrogen and oxygen atoms in total. The first-order valence-corrected chi connectivity index (χ1v) is 6.37. The molecule has 1 aliphatic rings. The van der Waals surface area contributed by atoms with Gasteiger partial charge in [-0.25, -0.2) is 0 Å². The summed E-state index contributed by atoms with van der Waals surface area (Å²) in [5, 5.41) is 13.1. The number of anilines is 1. The molecule has 0 atom stereocenters. The molecular weight excluding hydrogens is 214 g/mol. The Balaban J connectivity index is 2.33. The highest BCUT2D eigenvalue weighted by Gasteiger charge is 2.12. The number of phenolic OH excluding ortho intramolecular Hbond substituents is 1. The third-order valence-electron chi connectivity index (χ3n) is 3.37. The molecule has 3 heteroatoms. The number of nitrogens with one attached hydrogen (secondary N) is 1. The van der Waals surface area contributed by atoms with Gasteiger partial charge in [0, 0.05) is 12.2 Å². The molecule has 0 radical (unpaired) electrons. The van der Waals surface area contributed by atoms with Crippen molar-refractivity contribution < 1.29 is 9.90 Å². The van der Waals surface area contributed by atoms with E-state index in [0.29, 0.717) is 5.56 Å². The summed E-state index contributed by atoms with van der Waals surface area (Å²) >= 11 is 0. The Labute approximate surface area is 102 Å². The van der Waals surface area contributed by atoms with Crippen molar-refractivity contribution in [2.24, 2.45) is 0 Å². The molecule has 0 saturated heterocycles. The average Bonchev–Trinajstić information content (AvgIpc) is 2.35. The minimum Gasteiger partial charge on any atom is -0.507 e. The molecule has 0 bridgehead atoms. The third-order valence-corrected chi connectivity index (χ3v) is 3.37. The molecule has 0 fully saturated rings. The van der Waals surface area contributed by atoms with E-state index in [1.54, 1.807) is 6.07 Å². The van der Waals surface area contributed by atoms with E-state index in [1.807, 2.05) is 6.07 Å². The topological polar surface area (TPSA) is 49.3 Å². The van der Waals surface area contributed by atoms with Crippen LogP contribution in [0.1, 0.15) is 48.0 Å². The van der Waals surface area contributed by atoms with Crippen LogP contribution >= 0.6 is 0 Å². The second kappa shape index (κ2) is 5.71. The van der Waals surface area contributed by atoms with Gasteiger partial charge in [0.25, 0.3) is 0 Å². The van der Waals surface area contributed by atoms with Crippen molar-refractivity contribution >= 4 is 12.0 Å².